The average Bonchev–Trinajstić information content (AvgIpc) is 2.97. The number of benzene rings is 1. The van der Waals surface area contributed by atoms with Gasteiger partial charge in [0.05, 0.1) is 10.6 Å². The molecule has 0 unspecified atom stereocenters. The van der Waals surface area contributed by atoms with Crippen LogP contribution >= 0.6 is 11.3 Å². The van der Waals surface area contributed by atoms with Crippen molar-refractivity contribution in [2.75, 3.05) is 45.6 Å². The SMILES string of the molecule is CN(C)CCCNc1nc(-c2ccc(S(=O)(=O)N3CCCCCC3)cc2)cs1. The summed E-state index contributed by atoms with van der Waals surface area (Å²) in [5.74, 6) is 0. The quantitative estimate of drug-likeness (QED) is 0.657. The van der Waals surface area contributed by atoms with Gasteiger partial charge >= 0.3 is 0 Å². The van der Waals surface area contributed by atoms with Gasteiger partial charge in [-0.1, -0.05) is 25.0 Å². The molecule has 1 N–H and O–H groups in total. The summed E-state index contributed by atoms with van der Waals surface area (Å²) in [7, 11) is 0.733. The summed E-state index contributed by atoms with van der Waals surface area (Å²) < 4.78 is 27.4. The van der Waals surface area contributed by atoms with Crippen LogP contribution in [0, 0.1) is 0 Å². The fourth-order valence-corrected chi connectivity index (χ4v) is 5.57. The molecule has 0 saturated carbocycles. The van der Waals surface area contributed by atoms with Crippen molar-refractivity contribution in [1.29, 1.82) is 0 Å². The van der Waals surface area contributed by atoms with Gasteiger partial charge in [0.15, 0.2) is 5.13 Å². The van der Waals surface area contributed by atoms with E-state index in [-0.39, 0.29) is 0 Å². The summed E-state index contributed by atoms with van der Waals surface area (Å²) in [5.41, 5.74) is 1.81. The molecule has 154 valence electrons. The Balaban J connectivity index is 1.64. The molecule has 1 saturated heterocycles. The van der Waals surface area contributed by atoms with Crippen molar-refractivity contribution in [2.24, 2.45) is 0 Å². The van der Waals surface area contributed by atoms with Crippen LogP contribution in [0.5, 0.6) is 0 Å². The van der Waals surface area contributed by atoms with Gasteiger partial charge in [-0.05, 0) is 52.0 Å². The number of aromatic nitrogens is 1. The highest BCUT2D eigenvalue weighted by atomic mass is 32.2. The van der Waals surface area contributed by atoms with Crippen LogP contribution in [0.3, 0.4) is 0 Å². The van der Waals surface area contributed by atoms with Crippen molar-refractivity contribution in [3.8, 4) is 11.3 Å². The number of nitrogens with one attached hydrogen (secondary N) is 1. The van der Waals surface area contributed by atoms with Crippen LogP contribution in [0.4, 0.5) is 5.13 Å². The second-order valence-corrected chi connectivity index (χ2v) is 10.3. The Bertz CT molecular complexity index is 839. The molecule has 0 atom stereocenters. The van der Waals surface area contributed by atoms with Crippen molar-refractivity contribution in [3.05, 3.63) is 29.6 Å². The van der Waals surface area contributed by atoms with E-state index in [2.05, 4.69) is 29.3 Å². The second kappa shape index (κ2) is 9.82. The van der Waals surface area contributed by atoms with Crippen molar-refractivity contribution >= 4 is 26.5 Å². The maximum Gasteiger partial charge on any atom is 0.243 e. The number of hydrogen-bond acceptors (Lipinski definition) is 6. The summed E-state index contributed by atoms with van der Waals surface area (Å²) >= 11 is 1.58. The number of thiazole rings is 1. The average molecular weight is 423 g/mol. The van der Waals surface area contributed by atoms with E-state index in [1.165, 1.54) is 0 Å². The molecule has 28 heavy (non-hydrogen) atoms. The Hall–Kier alpha value is -1.48. The monoisotopic (exact) mass is 422 g/mol. The van der Waals surface area contributed by atoms with Gasteiger partial charge < -0.3 is 10.2 Å². The number of sulfonamides is 1. The molecular formula is C20H30N4O2S2. The predicted octanol–water partition coefficient (Wildman–Crippen LogP) is 3.74. The molecule has 2 heterocycles. The highest BCUT2D eigenvalue weighted by Crippen LogP contribution is 2.27. The lowest BCUT2D eigenvalue weighted by Crippen LogP contribution is -2.31. The lowest BCUT2D eigenvalue weighted by Gasteiger charge is -2.19. The van der Waals surface area contributed by atoms with E-state index in [1.54, 1.807) is 27.8 Å². The van der Waals surface area contributed by atoms with E-state index in [0.717, 1.165) is 61.6 Å². The summed E-state index contributed by atoms with van der Waals surface area (Å²) in [6, 6.07) is 7.13. The highest BCUT2D eigenvalue weighted by Gasteiger charge is 2.25. The van der Waals surface area contributed by atoms with Crippen LogP contribution in [-0.4, -0.2) is 62.9 Å². The maximum absolute atomic E-state index is 12.9. The molecule has 1 aromatic heterocycles. The third kappa shape index (κ3) is 5.53. The first-order valence-corrected chi connectivity index (χ1v) is 12.2. The van der Waals surface area contributed by atoms with Crippen LogP contribution in [0.1, 0.15) is 32.1 Å². The molecule has 1 fully saturated rings. The van der Waals surface area contributed by atoms with Gasteiger partial charge in [-0.15, -0.1) is 11.3 Å². The minimum absolute atomic E-state index is 0.371. The molecular weight excluding hydrogens is 392 g/mol. The number of hydrogen-bond donors (Lipinski definition) is 1. The molecule has 0 amide bonds. The van der Waals surface area contributed by atoms with Crippen LogP contribution in [0.15, 0.2) is 34.5 Å². The van der Waals surface area contributed by atoms with Gasteiger partial charge in [0.25, 0.3) is 0 Å². The number of rotatable bonds is 8. The summed E-state index contributed by atoms with van der Waals surface area (Å²) in [6.07, 6.45) is 5.17. The molecule has 1 aliphatic rings. The second-order valence-electron chi connectivity index (χ2n) is 7.46. The van der Waals surface area contributed by atoms with Crippen molar-refractivity contribution in [1.82, 2.24) is 14.2 Å². The third-order valence-electron chi connectivity index (χ3n) is 4.92. The zero-order valence-electron chi connectivity index (χ0n) is 16.7. The molecule has 1 aliphatic heterocycles. The number of anilines is 1. The lowest BCUT2D eigenvalue weighted by atomic mass is 10.2. The van der Waals surface area contributed by atoms with E-state index < -0.39 is 10.0 Å². The van der Waals surface area contributed by atoms with Crippen molar-refractivity contribution in [3.63, 3.8) is 0 Å². The molecule has 8 heteroatoms. The van der Waals surface area contributed by atoms with Gasteiger partial charge in [0.2, 0.25) is 10.0 Å². The van der Waals surface area contributed by atoms with Crippen molar-refractivity contribution in [2.45, 2.75) is 37.0 Å². The van der Waals surface area contributed by atoms with E-state index in [4.69, 9.17) is 0 Å². The molecule has 0 radical (unpaired) electrons. The Morgan fingerprint density at radius 3 is 2.43 bits per heavy atom. The highest BCUT2D eigenvalue weighted by molar-refractivity contribution is 7.89. The summed E-state index contributed by atoms with van der Waals surface area (Å²) in [5, 5.41) is 6.26. The van der Waals surface area contributed by atoms with Gasteiger partial charge in [0.1, 0.15) is 0 Å². The molecule has 0 spiro atoms. The zero-order valence-corrected chi connectivity index (χ0v) is 18.4. The minimum Gasteiger partial charge on any atom is -0.361 e. The third-order valence-corrected chi connectivity index (χ3v) is 7.63. The smallest absolute Gasteiger partial charge is 0.243 e. The Labute approximate surface area is 172 Å². The van der Waals surface area contributed by atoms with E-state index in [0.29, 0.717) is 18.0 Å². The van der Waals surface area contributed by atoms with Gasteiger partial charge in [-0.3, -0.25) is 0 Å². The molecule has 2 aromatic rings. The standard InChI is InChI=1S/C20H30N4O2S2/c1-23(2)13-7-12-21-20-22-19(16-27-20)17-8-10-18(11-9-17)28(25,26)24-14-5-3-4-6-15-24/h8-11,16H,3-7,12-15H2,1-2H3,(H,21,22). The van der Waals surface area contributed by atoms with E-state index in [9.17, 15) is 8.42 Å². The summed E-state index contributed by atoms with van der Waals surface area (Å²) in [6.45, 7) is 3.17. The summed E-state index contributed by atoms with van der Waals surface area (Å²) in [4.78, 5) is 7.16. The van der Waals surface area contributed by atoms with E-state index >= 15 is 0 Å². The Kier molecular flexibility index (Phi) is 7.45. The van der Waals surface area contributed by atoms with Gasteiger partial charge in [-0.2, -0.15) is 4.31 Å². The largest absolute Gasteiger partial charge is 0.361 e. The topological polar surface area (TPSA) is 65.5 Å². The predicted molar refractivity (Wildman–Crippen MR) is 116 cm³/mol. The first-order valence-electron chi connectivity index (χ1n) is 9.91. The molecule has 1 aromatic carbocycles. The fourth-order valence-electron chi connectivity index (χ4n) is 3.31. The molecule has 0 aliphatic carbocycles. The van der Waals surface area contributed by atoms with Gasteiger partial charge in [0, 0.05) is 30.6 Å². The fraction of sp³-hybridized carbons (Fsp3) is 0.550. The minimum atomic E-state index is -3.40. The zero-order chi connectivity index (χ0) is 20.0. The van der Waals surface area contributed by atoms with Crippen LogP contribution in [-0.2, 0) is 10.0 Å². The molecule has 0 bridgehead atoms. The Morgan fingerprint density at radius 1 is 1.11 bits per heavy atom. The lowest BCUT2D eigenvalue weighted by molar-refractivity contribution is 0.405. The first-order chi connectivity index (χ1) is 13.5. The first kappa shape index (κ1) is 21.2. The molecule has 6 nitrogen and oxygen atoms in total. The van der Waals surface area contributed by atoms with Crippen LogP contribution in [0.2, 0.25) is 0 Å². The maximum atomic E-state index is 12.9. The Morgan fingerprint density at radius 2 is 1.79 bits per heavy atom. The van der Waals surface area contributed by atoms with Gasteiger partial charge in [-0.25, -0.2) is 13.4 Å². The van der Waals surface area contributed by atoms with Crippen LogP contribution in [0.25, 0.3) is 11.3 Å². The molecule has 3 rings (SSSR count). The van der Waals surface area contributed by atoms with Crippen molar-refractivity contribution < 1.29 is 8.42 Å². The normalized spacial score (nSPS) is 16.2. The van der Waals surface area contributed by atoms with Crippen LogP contribution < -0.4 is 5.32 Å². The number of nitrogens with zero attached hydrogens (tertiary/aromatic N) is 3. The van der Waals surface area contributed by atoms with E-state index in [1.807, 2.05) is 17.5 Å².